The third kappa shape index (κ3) is 2.74. The molecule has 1 amide bonds. The first-order valence-electron chi connectivity index (χ1n) is 8.67. The lowest BCUT2D eigenvalue weighted by Crippen LogP contribution is -2.26. The summed E-state index contributed by atoms with van der Waals surface area (Å²) in [6.07, 6.45) is 1.28. The van der Waals surface area contributed by atoms with Crippen molar-refractivity contribution in [1.29, 1.82) is 0 Å². The van der Waals surface area contributed by atoms with Crippen molar-refractivity contribution in [2.24, 2.45) is 5.41 Å². The molecular weight excluding hydrogens is 346 g/mol. The van der Waals surface area contributed by atoms with Gasteiger partial charge in [-0.2, -0.15) is 0 Å². The highest BCUT2D eigenvalue weighted by atomic mass is 32.1. The first kappa shape index (κ1) is 17.0. The van der Waals surface area contributed by atoms with Gasteiger partial charge < -0.3 is 4.98 Å². The van der Waals surface area contributed by atoms with Gasteiger partial charge in [0.25, 0.3) is 5.91 Å². The second-order valence-corrected chi connectivity index (χ2v) is 8.84. The Morgan fingerprint density at radius 2 is 2.04 bits per heavy atom. The molecule has 0 spiro atoms. The van der Waals surface area contributed by atoms with Crippen LogP contribution in [0.1, 0.15) is 57.9 Å². The van der Waals surface area contributed by atoms with Crippen molar-refractivity contribution in [2.45, 2.75) is 40.5 Å². The molecule has 1 aromatic carbocycles. The third-order valence-electron chi connectivity index (χ3n) is 4.97. The number of hydrogen-bond acceptors (Lipinski definition) is 4. The van der Waals surface area contributed by atoms with Crippen LogP contribution in [-0.2, 0) is 6.42 Å². The van der Waals surface area contributed by atoms with Crippen LogP contribution in [-0.4, -0.2) is 21.7 Å². The van der Waals surface area contributed by atoms with Gasteiger partial charge in [0.1, 0.15) is 5.69 Å². The van der Waals surface area contributed by atoms with Crippen LogP contribution in [0.3, 0.4) is 0 Å². The van der Waals surface area contributed by atoms with Crippen molar-refractivity contribution in [3.05, 3.63) is 46.3 Å². The number of nitrogens with zero attached hydrogens (tertiary/aromatic N) is 1. The number of para-hydroxylation sites is 1. The summed E-state index contributed by atoms with van der Waals surface area (Å²) in [6, 6.07) is 5.98. The second kappa shape index (κ2) is 5.77. The molecule has 5 nitrogen and oxygen atoms in total. The number of carbonyl (C=O) groups excluding carboxylic acids is 2. The number of Topliss-reactive ketones (excluding diaryl/α,β-unsaturated/α-hetero) is 1. The van der Waals surface area contributed by atoms with Crippen LogP contribution < -0.4 is 5.32 Å². The first-order valence-corrected chi connectivity index (χ1v) is 9.49. The molecule has 134 valence electrons. The Morgan fingerprint density at radius 3 is 2.77 bits per heavy atom. The summed E-state index contributed by atoms with van der Waals surface area (Å²) >= 11 is 1.45. The number of aryl methyl sites for hydroxylation is 1. The van der Waals surface area contributed by atoms with Gasteiger partial charge in [-0.05, 0) is 42.9 Å². The predicted octanol–water partition coefficient (Wildman–Crippen LogP) is 4.65. The quantitative estimate of drug-likeness (QED) is 0.692. The van der Waals surface area contributed by atoms with E-state index < -0.39 is 0 Å². The minimum atomic E-state index is -0.251. The number of carbonyl (C=O) groups is 2. The van der Waals surface area contributed by atoms with Gasteiger partial charge in [-0.25, -0.2) is 4.98 Å². The monoisotopic (exact) mass is 367 g/mol. The maximum absolute atomic E-state index is 12.8. The van der Waals surface area contributed by atoms with Gasteiger partial charge >= 0.3 is 0 Å². The molecule has 26 heavy (non-hydrogen) atoms. The van der Waals surface area contributed by atoms with Crippen LogP contribution in [0, 0.1) is 19.3 Å². The van der Waals surface area contributed by atoms with Crippen LogP contribution in [0.2, 0.25) is 0 Å². The number of aromatic amines is 1. The van der Waals surface area contributed by atoms with E-state index in [1.54, 1.807) is 0 Å². The van der Waals surface area contributed by atoms with E-state index in [9.17, 15) is 9.59 Å². The topological polar surface area (TPSA) is 74.8 Å². The van der Waals surface area contributed by atoms with Gasteiger partial charge in [0.05, 0.1) is 10.2 Å². The molecule has 0 radical (unpaired) electrons. The molecule has 0 fully saturated rings. The van der Waals surface area contributed by atoms with Gasteiger partial charge in [-0.15, -0.1) is 0 Å². The molecule has 0 unspecified atom stereocenters. The number of benzene rings is 1. The molecule has 2 N–H and O–H groups in total. The number of amides is 1. The number of anilines is 1. The third-order valence-corrected chi connectivity index (χ3v) is 5.91. The lowest BCUT2D eigenvalue weighted by molar-refractivity contribution is 0.0910. The Bertz CT molecular complexity index is 1060. The van der Waals surface area contributed by atoms with Crippen LogP contribution in [0.5, 0.6) is 0 Å². The number of nitrogens with one attached hydrogen (secondary N) is 2. The molecule has 0 bridgehead atoms. The molecule has 1 aliphatic carbocycles. The molecule has 2 heterocycles. The summed E-state index contributed by atoms with van der Waals surface area (Å²) in [4.78, 5) is 33.0. The maximum atomic E-state index is 12.8. The van der Waals surface area contributed by atoms with Crippen LogP contribution in [0.4, 0.5) is 5.13 Å². The number of hydrogen-bond donors (Lipinski definition) is 2. The fraction of sp³-hybridized carbons (Fsp3) is 0.350. The summed E-state index contributed by atoms with van der Waals surface area (Å²) in [5, 5.41) is 3.45. The highest BCUT2D eigenvalue weighted by Crippen LogP contribution is 2.37. The Balaban J connectivity index is 1.67. The van der Waals surface area contributed by atoms with Gasteiger partial charge in [0, 0.05) is 17.7 Å². The zero-order chi connectivity index (χ0) is 18.6. The molecule has 0 atom stereocenters. The normalized spacial score (nSPS) is 15.9. The van der Waals surface area contributed by atoms with Crippen LogP contribution in [0.15, 0.2) is 18.2 Å². The molecule has 2 aromatic heterocycles. The van der Waals surface area contributed by atoms with Crippen LogP contribution in [0.25, 0.3) is 10.2 Å². The standard InChI is InChI=1S/C20H21N3O2S/c1-10-6-5-7-14-16(10)22-19(26-14)23-18(25)17-11(2)15-12(21-17)8-20(3,4)9-13(15)24/h5-7,21H,8-9H2,1-4H3,(H,22,23,25). The smallest absolute Gasteiger partial charge is 0.274 e. The Morgan fingerprint density at radius 1 is 1.27 bits per heavy atom. The second-order valence-electron chi connectivity index (χ2n) is 7.81. The number of rotatable bonds is 2. The fourth-order valence-corrected chi connectivity index (χ4v) is 4.70. The highest BCUT2D eigenvalue weighted by molar-refractivity contribution is 7.22. The molecule has 0 saturated carbocycles. The van der Waals surface area contributed by atoms with E-state index in [1.165, 1.54) is 11.3 Å². The van der Waals surface area contributed by atoms with E-state index in [4.69, 9.17) is 0 Å². The van der Waals surface area contributed by atoms with Crippen molar-refractivity contribution in [3.63, 3.8) is 0 Å². The lowest BCUT2D eigenvalue weighted by atomic mass is 9.75. The number of thiazole rings is 1. The zero-order valence-electron chi connectivity index (χ0n) is 15.3. The summed E-state index contributed by atoms with van der Waals surface area (Å²) < 4.78 is 1.04. The lowest BCUT2D eigenvalue weighted by Gasteiger charge is -2.28. The Kier molecular flexibility index (Phi) is 3.77. The highest BCUT2D eigenvalue weighted by Gasteiger charge is 2.35. The van der Waals surface area contributed by atoms with E-state index in [1.807, 2.05) is 32.0 Å². The number of H-pyrrole nitrogens is 1. The number of aromatic nitrogens is 2. The van der Waals surface area contributed by atoms with E-state index in [-0.39, 0.29) is 17.1 Å². The minimum Gasteiger partial charge on any atom is -0.354 e. The first-order chi connectivity index (χ1) is 12.2. The van der Waals surface area contributed by atoms with E-state index in [0.717, 1.165) is 33.5 Å². The van der Waals surface area contributed by atoms with Crippen molar-refractivity contribution in [2.75, 3.05) is 5.32 Å². The van der Waals surface area contributed by atoms with Gasteiger partial charge in [-0.3, -0.25) is 14.9 Å². The molecule has 4 rings (SSSR count). The molecule has 0 aliphatic heterocycles. The fourth-order valence-electron chi connectivity index (χ4n) is 3.76. The molecular formula is C20H21N3O2S. The molecule has 3 aromatic rings. The van der Waals surface area contributed by atoms with E-state index in [2.05, 4.69) is 29.1 Å². The Labute approximate surface area is 155 Å². The average Bonchev–Trinajstić information content (AvgIpc) is 3.08. The van der Waals surface area contributed by atoms with Gasteiger partial charge in [-0.1, -0.05) is 37.3 Å². The molecule has 0 saturated heterocycles. The van der Waals surface area contributed by atoms with Crippen molar-refractivity contribution >= 4 is 38.4 Å². The van der Waals surface area contributed by atoms with Crippen molar-refractivity contribution < 1.29 is 9.59 Å². The number of fused-ring (bicyclic) bond motifs is 2. The van der Waals surface area contributed by atoms with Gasteiger partial charge in [0.15, 0.2) is 10.9 Å². The SMILES string of the molecule is Cc1c(C(=O)Nc2nc3c(C)cccc3s2)[nH]c2c1C(=O)CC(C)(C)C2. The summed E-state index contributed by atoms with van der Waals surface area (Å²) in [5.41, 5.74) is 4.65. The minimum absolute atomic E-state index is 0.0836. The summed E-state index contributed by atoms with van der Waals surface area (Å²) in [6.45, 7) is 7.99. The average molecular weight is 367 g/mol. The van der Waals surface area contributed by atoms with Crippen molar-refractivity contribution in [1.82, 2.24) is 9.97 Å². The van der Waals surface area contributed by atoms with Crippen LogP contribution >= 0.6 is 11.3 Å². The largest absolute Gasteiger partial charge is 0.354 e. The van der Waals surface area contributed by atoms with Gasteiger partial charge in [0.2, 0.25) is 0 Å². The molecule has 6 heteroatoms. The van der Waals surface area contributed by atoms with Crippen molar-refractivity contribution in [3.8, 4) is 0 Å². The summed E-state index contributed by atoms with van der Waals surface area (Å²) in [5.74, 6) is -0.140. The maximum Gasteiger partial charge on any atom is 0.274 e. The zero-order valence-corrected chi connectivity index (χ0v) is 16.1. The van der Waals surface area contributed by atoms with E-state index in [0.29, 0.717) is 22.8 Å². The summed E-state index contributed by atoms with van der Waals surface area (Å²) in [7, 11) is 0. The van der Waals surface area contributed by atoms with E-state index >= 15 is 0 Å². The predicted molar refractivity (Wildman–Crippen MR) is 104 cm³/mol. The Hall–Kier alpha value is -2.47. The number of ketones is 1. The molecule has 1 aliphatic rings.